The van der Waals surface area contributed by atoms with Gasteiger partial charge in [0.2, 0.25) is 11.8 Å². The molecule has 1 aliphatic rings. The van der Waals surface area contributed by atoms with E-state index >= 15 is 0 Å². The van der Waals surface area contributed by atoms with Crippen molar-refractivity contribution in [2.45, 2.75) is 26.8 Å². The average molecular weight is 427 g/mol. The molecule has 2 aromatic rings. The quantitative estimate of drug-likeness (QED) is 0.703. The van der Waals surface area contributed by atoms with E-state index in [9.17, 15) is 14.4 Å². The third-order valence-electron chi connectivity index (χ3n) is 4.95. The zero-order valence-corrected chi connectivity index (χ0v) is 17.6. The maximum Gasteiger partial charge on any atom is 0.336 e. The second kappa shape index (κ2) is 9.59. The van der Waals surface area contributed by atoms with Gasteiger partial charge in [-0.15, -0.1) is 0 Å². The molecule has 1 atom stereocenters. The maximum atomic E-state index is 13.0. The largest absolute Gasteiger partial charge is 0.463 e. The number of allylic oxidation sites excluding steroid dienone is 1. The average Bonchev–Trinajstić information content (AvgIpc) is 2.73. The van der Waals surface area contributed by atoms with Crippen LogP contribution in [0.15, 0.2) is 65.9 Å². The van der Waals surface area contributed by atoms with Crippen LogP contribution in [0.3, 0.4) is 0 Å². The lowest BCUT2D eigenvalue weighted by Crippen LogP contribution is -2.42. The number of rotatable bonds is 6. The summed E-state index contributed by atoms with van der Waals surface area (Å²) in [5.41, 5.74) is 1.96. The number of nitrogens with one attached hydrogen (secondary N) is 1. The van der Waals surface area contributed by atoms with Gasteiger partial charge in [-0.05, 0) is 31.5 Å². The van der Waals surface area contributed by atoms with Gasteiger partial charge in [0.25, 0.3) is 0 Å². The molecule has 30 heavy (non-hydrogen) atoms. The number of hydrogen-bond donors (Lipinski definition) is 1. The minimum absolute atomic E-state index is 0.130. The van der Waals surface area contributed by atoms with Crippen molar-refractivity contribution < 1.29 is 19.1 Å². The lowest BCUT2D eigenvalue weighted by molar-refractivity contribution is -0.142. The third-order valence-corrected chi connectivity index (χ3v) is 5.28. The first-order chi connectivity index (χ1) is 14.4. The molecule has 2 aromatic carbocycles. The van der Waals surface area contributed by atoms with Crippen LogP contribution in [0.2, 0.25) is 5.02 Å². The zero-order chi connectivity index (χ0) is 21.7. The summed E-state index contributed by atoms with van der Waals surface area (Å²) < 4.78 is 5.20. The number of para-hydroxylation sites is 1. The van der Waals surface area contributed by atoms with Crippen LogP contribution in [0.25, 0.3) is 0 Å². The molecular formula is C23H23ClN2O4. The lowest BCUT2D eigenvalue weighted by atomic mass is 9.88. The summed E-state index contributed by atoms with van der Waals surface area (Å²) in [7, 11) is 0. The summed E-state index contributed by atoms with van der Waals surface area (Å²) in [5, 5.41) is 3.10. The number of esters is 1. The highest BCUT2D eigenvalue weighted by Gasteiger charge is 2.40. The van der Waals surface area contributed by atoms with Gasteiger partial charge in [-0.3, -0.25) is 9.59 Å². The van der Waals surface area contributed by atoms with E-state index in [0.29, 0.717) is 23.0 Å². The number of benzene rings is 2. The number of carbonyl (C=O) groups excluding carboxylic acids is 3. The van der Waals surface area contributed by atoms with Crippen LogP contribution in [0.4, 0.5) is 5.69 Å². The van der Waals surface area contributed by atoms with Crippen LogP contribution in [0, 0.1) is 5.92 Å². The van der Waals surface area contributed by atoms with Crippen LogP contribution in [-0.2, 0) is 25.7 Å². The first-order valence-corrected chi connectivity index (χ1v) is 10.1. The number of amides is 2. The third kappa shape index (κ3) is 4.71. The molecule has 1 aliphatic heterocycles. The van der Waals surface area contributed by atoms with Gasteiger partial charge in [0.15, 0.2) is 0 Å². The minimum atomic E-state index is -0.958. The second-order valence-corrected chi connectivity index (χ2v) is 7.32. The predicted molar refractivity (Wildman–Crippen MR) is 115 cm³/mol. The normalized spacial score (nSPS) is 16.4. The summed E-state index contributed by atoms with van der Waals surface area (Å²) in [6.07, 6.45) is -0.130. The molecule has 7 heteroatoms. The fourth-order valence-corrected chi connectivity index (χ4v) is 3.63. The lowest BCUT2D eigenvalue weighted by Gasteiger charge is -2.33. The Morgan fingerprint density at radius 2 is 1.80 bits per heavy atom. The van der Waals surface area contributed by atoms with Crippen molar-refractivity contribution in [3.8, 4) is 0 Å². The van der Waals surface area contributed by atoms with Crippen molar-refractivity contribution in [2.24, 2.45) is 5.92 Å². The summed E-state index contributed by atoms with van der Waals surface area (Å²) in [6, 6.07) is 16.3. The Morgan fingerprint density at radius 1 is 1.13 bits per heavy atom. The van der Waals surface area contributed by atoms with E-state index in [4.69, 9.17) is 16.3 Å². The fraction of sp³-hybridized carbons (Fsp3) is 0.261. The Labute approximate surface area is 180 Å². The fourth-order valence-electron chi connectivity index (χ4n) is 3.45. The minimum Gasteiger partial charge on any atom is -0.463 e. The smallest absolute Gasteiger partial charge is 0.336 e. The first kappa shape index (κ1) is 21.6. The molecule has 3 rings (SSSR count). The molecule has 0 bridgehead atoms. The number of nitrogens with zero attached hydrogens (tertiary/aromatic N) is 1. The summed E-state index contributed by atoms with van der Waals surface area (Å²) in [6.45, 7) is 3.85. The van der Waals surface area contributed by atoms with Crippen LogP contribution < -0.4 is 5.32 Å². The van der Waals surface area contributed by atoms with E-state index in [1.54, 1.807) is 38.1 Å². The van der Waals surface area contributed by atoms with Gasteiger partial charge in [-0.2, -0.15) is 0 Å². The molecule has 0 fully saturated rings. The number of hydrogen-bond acceptors (Lipinski definition) is 4. The molecule has 0 aromatic heterocycles. The second-order valence-electron chi connectivity index (χ2n) is 6.91. The zero-order valence-electron chi connectivity index (χ0n) is 16.9. The van der Waals surface area contributed by atoms with Crippen LogP contribution in [0.1, 0.15) is 25.8 Å². The molecule has 0 radical (unpaired) electrons. The monoisotopic (exact) mass is 426 g/mol. The molecular weight excluding hydrogens is 404 g/mol. The van der Waals surface area contributed by atoms with Crippen molar-refractivity contribution in [1.29, 1.82) is 0 Å². The van der Waals surface area contributed by atoms with Gasteiger partial charge in [0.05, 0.1) is 35.4 Å². The molecule has 1 unspecified atom stereocenters. The summed E-state index contributed by atoms with van der Waals surface area (Å²) >= 11 is 6.13. The summed E-state index contributed by atoms with van der Waals surface area (Å²) in [4.78, 5) is 40.2. The Hall–Kier alpha value is -3.12. The Morgan fingerprint density at radius 3 is 2.47 bits per heavy atom. The van der Waals surface area contributed by atoms with Gasteiger partial charge < -0.3 is 15.0 Å². The van der Waals surface area contributed by atoms with E-state index in [0.717, 1.165) is 5.56 Å². The van der Waals surface area contributed by atoms with Crippen molar-refractivity contribution >= 4 is 35.1 Å². The van der Waals surface area contributed by atoms with Crippen LogP contribution in [0.5, 0.6) is 0 Å². The van der Waals surface area contributed by atoms with Crippen molar-refractivity contribution in [1.82, 2.24) is 4.90 Å². The maximum absolute atomic E-state index is 13.0. The van der Waals surface area contributed by atoms with Crippen molar-refractivity contribution in [2.75, 3.05) is 11.9 Å². The SMILES string of the molecule is CCOC(=O)C1=C(C)N(Cc2ccccc2)C(=O)CC1C(=O)Nc1ccccc1Cl. The van der Waals surface area contributed by atoms with E-state index in [-0.39, 0.29) is 24.5 Å². The highest BCUT2D eigenvalue weighted by Crippen LogP contribution is 2.32. The van der Waals surface area contributed by atoms with Gasteiger partial charge in [0, 0.05) is 12.1 Å². The number of carbonyl (C=O) groups is 3. The van der Waals surface area contributed by atoms with E-state index < -0.39 is 17.8 Å². The van der Waals surface area contributed by atoms with Gasteiger partial charge >= 0.3 is 5.97 Å². The van der Waals surface area contributed by atoms with E-state index in [1.807, 2.05) is 30.3 Å². The van der Waals surface area contributed by atoms with Gasteiger partial charge in [-0.1, -0.05) is 54.1 Å². The Bertz CT molecular complexity index is 988. The number of ether oxygens (including phenoxy) is 1. The molecule has 156 valence electrons. The summed E-state index contributed by atoms with van der Waals surface area (Å²) in [5.74, 6) is -2.26. The van der Waals surface area contributed by atoms with Gasteiger partial charge in [-0.25, -0.2) is 4.79 Å². The molecule has 0 aliphatic carbocycles. The molecule has 1 heterocycles. The van der Waals surface area contributed by atoms with E-state index in [1.165, 1.54) is 4.90 Å². The molecule has 0 saturated carbocycles. The van der Waals surface area contributed by atoms with Crippen LogP contribution >= 0.6 is 11.6 Å². The van der Waals surface area contributed by atoms with E-state index in [2.05, 4.69) is 5.32 Å². The van der Waals surface area contributed by atoms with Crippen LogP contribution in [-0.4, -0.2) is 29.3 Å². The van der Waals surface area contributed by atoms with Crippen molar-refractivity contribution in [3.63, 3.8) is 0 Å². The standard InChI is InChI=1S/C23H23ClN2O4/c1-3-30-23(29)21-15(2)26(14-16-9-5-4-6-10-16)20(27)13-17(21)22(28)25-19-12-8-7-11-18(19)24/h4-12,17H,3,13-14H2,1-2H3,(H,25,28). The first-order valence-electron chi connectivity index (χ1n) is 9.70. The highest BCUT2D eigenvalue weighted by molar-refractivity contribution is 6.33. The predicted octanol–water partition coefficient (Wildman–Crippen LogP) is 4.16. The molecule has 0 saturated heterocycles. The molecule has 6 nitrogen and oxygen atoms in total. The Balaban J connectivity index is 1.94. The molecule has 2 amide bonds. The highest BCUT2D eigenvalue weighted by atomic mass is 35.5. The Kier molecular flexibility index (Phi) is 6.90. The topological polar surface area (TPSA) is 75.7 Å². The van der Waals surface area contributed by atoms with Gasteiger partial charge in [0.1, 0.15) is 0 Å². The molecule has 1 N–H and O–H groups in total. The number of halogens is 1. The molecule has 0 spiro atoms. The van der Waals surface area contributed by atoms with Crippen molar-refractivity contribution in [3.05, 3.63) is 76.5 Å². The number of anilines is 1.